The zero-order valence-corrected chi connectivity index (χ0v) is 13.9. The Bertz CT molecular complexity index is 798. The van der Waals surface area contributed by atoms with Gasteiger partial charge in [0.05, 0.1) is 5.69 Å². The standard InChI is InChI=1S/C15H19N5O3S/c21-15(16-12-6-4-5-7-12)11-24(22,23)10-14-17-18-19-20(14)13-8-2-1-3-9-13/h1-3,8-9,12H,4-7,10-11H2,(H,16,21). The van der Waals surface area contributed by atoms with Gasteiger partial charge in [-0.3, -0.25) is 4.79 Å². The van der Waals surface area contributed by atoms with Crippen LogP contribution in [0, 0.1) is 0 Å². The molecule has 8 nitrogen and oxygen atoms in total. The van der Waals surface area contributed by atoms with Crippen LogP contribution in [0.2, 0.25) is 0 Å². The zero-order chi connectivity index (χ0) is 17.0. The van der Waals surface area contributed by atoms with E-state index in [0.29, 0.717) is 5.69 Å². The second-order valence-corrected chi connectivity index (χ2v) is 7.99. The first-order valence-electron chi connectivity index (χ1n) is 7.86. The van der Waals surface area contributed by atoms with Crippen molar-refractivity contribution >= 4 is 15.7 Å². The molecule has 0 aliphatic heterocycles. The van der Waals surface area contributed by atoms with Crippen molar-refractivity contribution < 1.29 is 13.2 Å². The van der Waals surface area contributed by atoms with Gasteiger partial charge in [-0.2, -0.15) is 4.68 Å². The highest BCUT2D eigenvalue weighted by atomic mass is 32.2. The van der Waals surface area contributed by atoms with Crippen LogP contribution in [0.3, 0.4) is 0 Å². The molecule has 2 aromatic rings. The Labute approximate surface area is 140 Å². The van der Waals surface area contributed by atoms with Gasteiger partial charge in [-0.1, -0.05) is 31.0 Å². The largest absolute Gasteiger partial charge is 0.352 e. The Kier molecular flexibility index (Phi) is 4.89. The first-order chi connectivity index (χ1) is 11.5. The van der Waals surface area contributed by atoms with Gasteiger partial charge in [0.15, 0.2) is 15.7 Å². The molecule has 1 amide bonds. The Morgan fingerprint density at radius 1 is 1.21 bits per heavy atom. The fourth-order valence-electron chi connectivity index (χ4n) is 2.85. The van der Waals surface area contributed by atoms with Gasteiger partial charge in [-0.05, 0) is 35.4 Å². The van der Waals surface area contributed by atoms with Crippen LogP contribution in [0.5, 0.6) is 0 Å². The lowest BCUT2D eigenvalue weighted by Gasteiger charge is -2.12. The molecule has 3 rings (SSSR count). The number of hydrogen-bond acceptors (Lipinski definition) is 6. The quantitative estimate of drug-likeness (QED) is 0.820. The van der Waals surface area contributed by atoms with Crippen molar-refractivity contribution in [2.45, 2.75) is 37.5 Å². The minimum Gasteiger partial charge on any atom is -0.352 e. The summed E-state index contributed by atoms with van der Waals surface area (Å²) in [6.07, 6.45) is 3.98. The third-order valence-corrected chi connectivity index (χ3v) is 5.36. The lowest BCUT2D eigenvalue weighted by Crippen LogP contribution is -2.37. The fourth-order valence-corrected chi connectivity index (χ4v) is 4.01. The average Bonchev–Trinajstić information content (AvgIpc) is 3.18. The van der Waals surface area contributed by atoms with Crippen LogP contribution in [0.4, 0.5) is 0 Å². The Balaban J connectivity index is 1.67. The number of benzene rings is 1. The molecule has 1 N–H and O–H groups in total. The molecule has 0 unspecified atom stereocenters. The highest BCUT2D eigenvalue weighted by Crippen LogP contribution is 2.17. The lowest BCUT2D eigenvalue weighted by molar-refractivity contribution is -0.119. The number of carbonyl (C=O) groups excluding carboxylic acids is 1. The summed E-state index contributed by atoms with van der Waals surface area (Å²) >= 11 is 0. The number of amides is 1. The van der Waals surface area contributed by atoms with Gasteiger partial charge in [0.1, 0.15) is 11.5 Å². The molecule has 1 aliphatic carbocycles. The number of nitrogens with zero attached hydrogens (tertiary/aromatic N) is 4. The summed E-state index contributed by atoms with van der Waals surface area (Å²) < 4.78 is 26.0. The number of tetrazole rings is 1. The van der Waals surface area contributed by atoms with Crippen molar-refractivity contribution in [3.8, 4) is 5.69 Å². The second kappa shape index (κ2) is 7.08. The maximum atomic E-state index is 12.3. The van der Waals surface area contributed by atoms with E-state index in [2.05, 4.69) is 20.8 Å². The van der Waals surface area contributed by atoms with Crippen molar-refractivity contribution in [3.63, 3.8) is 0 Å². The molecule has 1 aromatic heterocycles. The molecule has 128 valence electrons. The van der Waals surface area contributed by atoms with Crippen LogP contribution in [0.25, 0.3) is 5.69 Å². The molecule has 0 saturated heterocycles. The second-order valence-electron chi connectivity index (χ2n) is 5.92. The lowest BCUT2D eigenvalue weighted by atomic mass is 10.2. The van der Waals surface area contributed by atoms with E-state index in [1.54, 1.807) is 12.1 Å². The molecule has 1 saturated carbocycles. The van der Waals surface area contributed by atoms with Gasteiger partial charge in [0.25, 0.3) is 0 Å². The van der Waals surface area contributed by atoms with Gasteiger partial charge >= 0.3 is 0 Å². The van der Waals surface area contributed by atoms with Crippen molar-refractivity contribution in [2.24, 2.45) is 0 Å². The predicted molar refractivity (Wildman–Crippen MR) is 87.0 cm³/mol. The highest BCUT2D eigenvalue weighted by Gasteiger charge is 2.24. The van der Waals surface area contributed by atoms with Gasteiger partial charge < -0.3 is 5.32 Å². The third-order valence-electron chi connectivity index (χ3n) is 3.96. The third kappa shape index (κ3) is 4.16. The monoisotopic (exact) mass is 349 g/mol. The minimum absolute atomic E-state index is 0.0994. The number of nitrogens with one attached hydrogen (secondary N) is 1. The molecular weight excluding hydrogens is 330 g/mol. The van der Waals surface area contributed by atoms with Gasteiger partial charge in [-0.25, -0.2) is 8.42 Å². The Hall–Kier alpha value is -2.29. The summed E-state index contributed by atoms with van der Waals surface area (Å²) in [5.74, 6) is -1.20. The van der Waals surface area contributed by atoms with Gasteiger partial charge in [-0.15, -0.1) is 5.10 Å². The van der Waals surface area contributed by atoms with Gasteiger partial charge in [0, 0.05) is 6.04 Å². The molecule has 0 bridgehead atoms. The van der Waals surface area contributed by atoms with E-state index in [1.807, 2.05) is 18.2 Å². The van der Waals surface area contributed by atoms with E-state index in [1.165, 1.54) is 4.68 Å². The summed E-state index contributed by atoms with van der Waals surface area (Å²) in [5.41, 5.74) is 0.670. The molecule has 24 heavy (non-hydrogen) atoms. The van der Waals surface area contributed by atoms with E-state index >= 15 is 0 Å². The summed E-state index contributed by atoms with van der Waals surface area (Å²) in [5, 5.41) is 13.9. The molecular formula is C15H19N5O3S. The number of sulfone groups is 1. The van der Waals surface area contributed by atoms with Crippen LogP contribution in [-0.2, 0) is 20.4 Å². The summed E-state index contributed by atoms with van der Waals surface area (Å²) in [6.45, 7) is 0. The van der Waals surface area contributed by atoms with E-state index in [0.717, 1.165) is 25.7 Å². The molecule has 0 radical (unpaired) electrons. The van der Waals surface area contributed by atoms with E-state index in [9.17, 15) is 13.2 Å². The van der Waals surface area contributed by atoms with E-state index < -0.39 is 21.5 Å². The number of rotatable bonds is 6. The fraction of sp³-hybridized carbons (Fsp3) is 0.467. The topological polar surface area (TPSA) is 107 Å². The molecule has 9 heteroatoms. The van der Waals surface area contributed by atoms with Crippen molar-refractivity contribution in [1.82, 2.24) is 25.5 Å². The predicted octanol–water partition coefficient (Wildman–Crippen LogP) is 0.636. The summed E-state index contributed by atoms with van der Waals surface area (Å²) in [7, 11) is -3.65. The number of aromatic nitrogens is 4. The van der Waals surface area contributed by atoms with Crippen LogP contribution in [-0.4, -0.2) is 46.3 Å². The van der Waals surface area contributed by atoms with Crippen molar-refractivity contribution in [2.75, 3.05) is 5.75 Å². The van der Waals surface area contributed by atoms with Gasteiger partial charge in [0.2, 0.25) is 5.91 Å². The van der Waals surface area contributed by atoms with Crippen LogP contribution in [0.15, 0.2) is 30.3 Å². The van der Waals surface area contributed by atoms with Crippen LogP contribution < -0.4 is 5.32 Å². The SMILES string of the molecule is O=C(CS(=O)(=O)Cc1nnnn1-c1ccccc1)NC1CCCC1. The molecule has 1 fully saturated rings. The Morgan fingerprint density at radius 3 is 2.62 bits per heavy atom. The van der Waals surface area contributed by atoms with Crippen LogP contribution in [0.1, 0.15) is 31.5 Å². The maximum Gasteiger partial charge on any atom is 0.235 e. The molecule has 0 atom stereocenters. The maximum absolute atomic E-state index is 12.3. The summed E-state index contributed by atoms with van der Waals surface area (Å²) in [4.78, 5) is 11.9. The molecule has 0 spiro atoms. The summed E-state index contributed by atoms with van der Waals surface area (Å²) in [6, 6.07) is 9.12. The zero-order valence-electron chi connectivity index (χ0n) is 13.1. The number of carbonyl (C=O) groups is 1. The molecule has 1 aliphatic rings. The smallest absolute Gasteiger partial charge is 0.235 e. The molecule has 1 aromatic carbocycles. The van der Waals surface area contributed by atoms with E-state index in [4.69, 9.17) is 0 Å². The number of para-hydroxylation sites is 1. The number of hydrogen-bond donors (Lipinski definition) is 1. The first kappa shape index (κ1) is 16.6. The Morgan fingerprint density at radius 2 is 1.92 bits per heavy atom. The minimum atomic E-state index is -3.65. The van der Waals surface area contributed by atoms with E-state index in [-0.39, 0.29) is 17.6 Å². The highest BCUT2D eigenvalue weighted by molar-refractivity contribution is 7.91. The normalized spacial score (nSPS) is 15.5. The molecule has 1 heterocycles. The van der Waals surface area contributed by atoms with Crippen LogP contribution >= 0.6 is 0 Å². The first-order valence-corrected chi connectivity index (χ1v) is 9.68. The van der Waals surface area contributed by atoms with Crippen molar-refractivity contribution in [1.29, 1.82) is 0 Å². The average molecular weight is 349 g/mol. The van der Waals surface area contributed by atoms with Crippen molar-refractivity contribution in [3.05, 3.63) is 36.2 Å².